The number of rotatable bonds is 3. The number of halogens is 1. The number of nitro benzene ring substituents is 1. The smallest absolute Gasteiger partial charge is 0.300 e. The van der Waals surface area contributed by atoms with E-state index in [4.69, 9.17) is 16.9 Å². The molecule has 0 heterocycles. The third-order valence-electron chi connectivity index (χ3n) is 3.41. The molecular formula is C13H12ClN3O3. The number of carbonyl (C=O) groups excluding carboxylic acids is 1. The van der Waals surface area contributed by atoms with Crippen LogP contribution in [0.1, 0.15) is 29.6 Å². The fraction of sp³-hybridized carbons (Fsp3) is 0.385. The van der Waals surface area contributed by atoms with Gasteiger partial charge in [-0.05, 0) is 31.4 Å². The predicted octanol–water partition coefficient (Wildman–Crippen LogP) is 2.67. The van der Waals surface area contributed by atoms with Crippen molar-refractivity contribution >= 4 is 23.2 Å². The molecule has 0 spiro atoms. The van der Waals surface area contributed by atoms with Crippen LogP contribution in [0.4, 0.5) is 5.69 Å². The van der Waals surface area contributed by atoms with Gasteiger partial charge in [-0.1, -0.05) is 17.7 Å². The number of nitrogens with one attached hydrogen (secondary N) is 1. The highest BCUT2D eigenvalue weighted by molar-refractivity contribution is 6.33. The Hall–Kier alpha value is -2.13. The Morgan fingerprint density at radius 3 is 2.90 bits per heavy atom. The molecule has 6 nitrogen and oxygen atoms in total. The van der Waals surface area contributed by atoms with Crippen LogP contribution in [0.3, 0.4) is 0 Å². The van der Waals surface area contributed by atoms with Crippen LogP contribution < -0.4 is 5.32 Å². The number of para-hydroxylation sites is 1. The van der Waals surface area contributed by atoms with Gasteiger partial charge in [0.2, 0.25) is 0 Å². The Morgan fingerprint density at radius 1 is 1.50 bits per heavy atom. The Morgan fingerprint density at radius 2 is 2.25 bits per heavy atom. The van der Waals surface area contributed by atoms with E-state index < -0.39 is 16.5 Å². The molecule has 7 heteroatoms. The van der Waals surface area contributed by atoms with Crippen LogP contribution in [0.25, 0.3) is 0 Å². The van der Waals surface area contributed by atoms with Crippen molar-refractivity contribution in [1.29, 1.82) is 5.26 Å². The van der Waals surface area contributed by atoms with Gasteiger partial charge >= 0.3 is 5.69 Å². The maximum absolute atomic E-state index is 12.2. The molecule has 0 bridgehead atoms. The first-order valence-corrected chi connectivity index (χ1v) is 6.55. The van der Waals surface area contributed by atoms with Crippen LogP contribution in [-0.2, 0) is 0 Å². The molecule has 1 aliphatic carbocycles. The van der Waals surface area contributed by atoms with Gasteiger partial charge in [-0.25, -0.2) is 0 Å². The Kier molecular flexibility index (Phi) is 4.20. The minimum absolute atomic E-state index is 0.0777. The summed E-state index contributed by atoms with van der Waals surface area (Å²) in [4.78, 5) is 22.5. The molecule has 0 radical (unpaired) electrons. The lowest BCUT2D eigenvalue weighted by Gasteiger charge is -2.15. The lowest BCUT2D eigenvalue weighted by Crippen LogP contribution is -2.37. The number of hydrogen-bond acceptors (Lipinski definition) is 4. The first-order chi connectivity index (χ1) is 9.54. The van der Waals surface area contributed by atoms with E-state index in [1.54, 1.807) is 0 Å². The van der Waals surface area contributed by atoms with Gasteiger partial charge in [0.05, 0.1) is 16.9 Å². The molecule has 2 atom stereocenters. The molecule has 1 N–H and O–H groups in total. The van der Waals surface area contributed by atoms with Gasteiger partial charge in [-0.15, -0.1) is 0 Å². The number of benzene rings is 1. The summed E-state index contributed by atoms with van der Waals surface area (Å²) in [5.41, 5.74) is -0.482. The van der Waals surface area contributed by atoms with Crippen molar-refractivity contribution in [3.63, 3.8) is 0 Å². The van der Waals surface area contributed by atoms with E-state index >= 15 is 0 Å². The van der Waals surface area contributed by atoms with Gasteiger partial charge in [0.15, 0.2) is 0 Å². The molecular weight excluding hydrogens is 282 g/mol. The SMILES string of the molecule is N#CC1CCCC1NC(=O)c1cccc(Cl)c1[N+](=O)[O-]. The topological polar surface area (TPSA) is 96.0 Å². The van der Waals surface area contributed by atoms with Gasteiger partial charge in [-0.3, -0.25) is 14.9 Å². The van der Waals surface area contributed by atoms with Gasteiger partial charge < -0.3 is 5.32 Å². The summed E-state index contributed by atoms with van der Waals surface area (Å²) < 4.78 is 0. The number of carbonyl (C=O) groups is 1. The van der Waals surface area contributed by atoms with Crippen LogP contribution in [0.15, 0.2) is 18.2 Å². The monoisotopic (exact) mass is 293 g/mol. The molecule has 2 unspecified atom stereocenters. The highest BCUT2D eigenvalue weighted by Crippen LogP contribution is 2.29. The molecule has 1 fully saturated rings. The minimum atomic E-state index is -0.673. The van der Waals surface area contributed by atoms with Crippen LogP contribution >= 0.6 is 11.6 Å². The van der Waals surface area contributed by atoms with Crippen molar-refractivity contribution in [3.8, 4) is 6.07 Å². The van der Waals surface area contributed by atoms with Crippen molar-refractivity contribution in [2.75, 3.05) is 0 Å². The molecule has 104 valence electrons. The standard InChI is InChI=1S/C13H12ClN3O3/c14-10-5-2-4-9(12(10)17(19)20)13(18)16-11-6-1-3-8(11)7-15/h2,4-5,8,11H,1,3,6H2,(H,16,18). The Labute approximate surface area is 120 Å². The van der Waals surface area contributed by atoms with Crippen LogP contribution in [-0.4, -0.2) is 16.9 Å². The van der Waals surface area contributed by atoms with Gasteiger partial charge in [-0.2, -0.15) is 5.26 Å². The summed E-state index contributed by atoms with van der Waals surface area (Å²) in [6.45, 7) is 0. The summed E-state index contributed by atoms with van der Waals surface area (Å²) in [5.74, 6) is -0.802. The summed E-state index contributed by atoms with van der Waals surface area (Å²) in [5, 5.41) is 22.6. The second kappa shape index (κ2) is 5.88. The van der Waals surface area contributed by atoms with Crippen molar-refractivity contribution in [3.05, 3.63) is 38.9 Å². The largest absolute Gasteiger partial charge is 0.348 e. The summed E-state index contributed by atoms with van der Waals surface area (Å²) >= 11 is 5.77. The second-order valence-corrected chi connectivity index (χ2v) is 5.05. The molecule has 0 aromatic heterocycles. The maximum atomic E-state index is 12.2. The molecule has 20 heavy (non-hydrogen) atoms. The predicted molar refractivity (Wildman–Crippen MR) is 72.3 cm³/mol. The lowest BCUT2D eigenvalue weighted by molar-refractivity contribution is -0.385. The number of nitrogens with zero attached hydrogens (tertiary/aromatic N) is 2. The van der Waals surface area contributed by atoms with E-state index in [0.29, 0.717) is 6.42 Å². The molecule has 1 aromatic rings. The fourth-order valence-corrected chi connectivity index (χ4v) is 2.66. The zero-order valence-electron chi connectivity index (χ0n) is 10.5. The summed E-state index contributed by atoms with van der Waals surface area (Å²) in [6, 6.07) is 6.10. The van der Waals surface area contributed by atoms with Crippen LogP contribution in [0, 0.1) is 27.4 Å². The summed E-state index contributed by atoms with van der Waals surface area (Å²) in [6.07, 6.45) is 2.30. The maximum Gasteiger partial charge on any atom is 0.300 e. The quantitative estimate of drug-likeness (QED) is 0.684. The third kappa shape index (κ3) is 2.73. The van der Waals surface area contributed by atoms with Crippen molar-refractivity contribution < 1.29 is 9.72 Å². The zero-order valence-corrected chi connectivity index (χ0v) is 11.3. The van der Waals surface area contributed by atoms with E-state index in [1.807, 2.05) is 0 Å². The molecule has 1 amide bonds. The normalized spacial score (nSPS) is 21.2. The van der Waals surface area contributed by atoms with Crippen molar-refractivity contribution in [2.24, 2.45) is 5.92 Å². The lowest BCUT2D eigenvalue weighted by atomic mass is 10.0. The highest BCUT2D eigenvalue weighted by atomic mass is 35.5. The van der Waals surface area contributed by atoms with Crippen LogP contribution in [0.2, 0.25) is 5.02 Å². The van der Waals surface area contributed by atoms with Gasteiger partial charge in [0, 0.05) is 6.04 Å². The molecule has 1 saturated carbocycles. The number of hydrogen-bond donors (Lipinski definition) is 1. The van der Waals surface area contributed by atoms with E-state index in [9.17, 15) is 14.9 Å². The molecule has 1 aliphatic rings. The van der Waals surface area contributed by atoms with Crippen molar-refractivity contribution in [1.82, 2.24) is 5.32 Å². The number of nitriles is 1. The van der Waals surface area contributed by atoms with E-state index in [2.05, 4.69) is 11.4 Å². The molecule has 1 aromatic carbocycles. The summed E-state index contributed by atoms with van der Waals surface area (Å²) in [7, 11) is 0. The van der Waals surface area contributed by atoms with Gasteiger partial charge in [0.1, 0.15) is 10.6 Å². The van der Waals surface area contributed by atoms with E-state index in [0.717, 1.165) is 12.8 Å². The Bertz CT molecular complexity index is 597. The minimum Gasteiger partial charge on any atom is -0.348 e. The Balaban J connectivity index is 2.24. The zero-order chi connectivity index (χ0) is 14.7. The molecule has 0 saturated heterocycles. The second-order valence-electron chi connectivity index (χ2n) is 4.64. The van der Waals surface area contributed by atoms with Crippen LogP contribution in [0.5, 0.6) is 0 Å². The van der Waals surface area contributed by atoms with E-state index in [-0.39, 0.29) is 22.5 Å². The first kappa shape index (κ1) is 14.3. The third-order valence-corrected chi connectivity index (χ3v) is 3.72. The molecule has 0 aliphatic heterocycles. The van der Waals surface area contributed by atoms with Crippen molar-refractivity contribution in [2.45, 2.75) is 25.3 Å². The molecule has 2 rings (SSSR count). The average molecular weight is 294 g/mol. The highest BCUT2D eigenvalue weighted by Gasteiger charge is 2.31. The average Bonchev–Trinajstić information content (AvgIpc) is 2.85. The van der Waals surface area contributed by atoms with E-state index in [1.165, 1.54) is 18.2 Å². The number of nitro groups is 1. The first-order valence-electron chi connectivity index (χ1n) is 6.18. The number of amides is 1. The van der Waals surface area contributed by atoms with Gasteiger partial charge in [0.25, 0.3) is 5.91 Å². The fourth-order valence-electron chi connectivity index (χ4n) is 2.42.